The van der Waals surface area contributed by atoms with E-state index in [-0.39, 0.29) is 11.7 Å². The summed E-state index contributed by atoms with van der Waals surface area (Å²) in [6.07, 6.45) is 0. The molecule has 0 atom stereocenters. The molecule has 2 aromatic carbocycles. The van der Waals surface area contributed by atoms with Crippen LogP contribution in [0.2, 0.25) is 0 Å². The number of hydrogen-bond acceptors (Lipinski definition) is 2. The lowest BCUT2D eigenvalue weighted by atomic mass is 10.1. The van der Waals surface area contributed by atoms with Crippen molar-refractivity contribution in [3.8, 4) is 11.3 Å². The number of nitrogens with one attached hydrogen (secondary N) is 2. The van der Waals surface area contributed by atoms with Gasteiger partial charge in [-0.3, -0.25) is 9.89 Å². The van der Waals surface area contributed by atoms with E-state index < -0.39 is 0 Å². The van der Waals surface area contributed by atoms with E-state index in [0.29, 0.717) is 11.4 Å². The van der Waals surface area contributed by atoms with Crippen molar-refractivity contribution in [2.45, 2.75) is 6.92 Å². The standard InChI is InChI=1S/C17H14FN3O/c1-11-2-4-12(5-3-11)15-10-16(21-20-15)19-17(22)13-6-8-14(18)9-7-13/h2-10H,1H3,(H2,19,20,21,22). The Bertz CT molecular complexity index is 792. The Kier molecular flexibility index (Phi) is 3.70. The van der Waals surface area contributed by atoms with E-state index in [9.17, 15) is 9.18 Å². The molecule has 1 aromatic heterocycles. The molecule has 0 aliphatic carbocycles. The van der Waals surface area contributed by atoms with Gasteiger partial charge in [-0.05, 0) is 36.8 Å². The van der Waals surface area contributed by atoms with Crippen molar-refractivity contribution in [3.63, 3.8) is 0 Å². The van der Waals surface area contributed by atoms with Crippen LogP contribution in [0.4, 0.5) is 10.2 Å². The topological polar surface area (TPSA) is 57.8 Å². The van der Waals surface area contributed by atoms with E-state index in [0.717, 1.165) is 11.3 Å². The van der Waals surface area contributed by atoms with Crippen LogP contribution in [0.5, 0.6) is 0 Å². The van der Waals surface area contributed by atoms with Crippen LogP contribution in [-0.2, 0) is 0 Å². The van der Waals surface area contributed by atoms with Gasteiger partial charge >= 0.3 is 0 Å². The molecule has 0 aliphatic heterocycles. The molecule has 0 bridgehead atoms. The van der Waals surface area contributed by atoms with Crippen molar-refractivity contribution in [1.29, 1.82) is 0 Å². The second-order valence-corrected chi connectivity index (χ2v) is 4.99. The maximum Gasteiger partial charge on any atom is 0.256 e. The third-order valence-corrected chi connectivity index (χ3v) is 3.29. The fourth-order valence-electron chi connectivity index (χ4n) is 2.06. The van der Waals surface area contributed by atoms with Crippen LogP contribution in [0.1, 0.15) is 15.9 Å². The minimum Gasteiger partial charge on any atom is -0.305 e. The highest BCUT2D eigenvalue weighted by atomic mass is 19.1. The van der Waals surface area contributed by atoms with Crippen molar-refractivity contribution < 1.29 is 9.18 Å². The van der Waals surface area contributed by atoms with Crippen LogP contribution in [0.3, 0.4) is 0 Å². The molecule has 1 amide bonds. The van der Waals surface area contributed by atoms with E-state index in [2.05, 4.69) is 15.5 Å². The Morgan fingerprint density at radius 3 is 2.45 bits per heavy atom. The zero-order valence-electron chi connectivity index (χ0n) is 11.9. The summed E-state index contributed by atoms with van der Waals surface area (Å²) in [6, 6.07) is 15.1. The van der Waals surface area contributed by atoms with Crippen molar-refractivity contribution in [2.24, 2.45) is 0 Å². The third kappa shape index (κ3) is 3.03. The van der Waals surface area contributed by atoms with Crippen molar-refractivity contribution in [1.82, 2.24) is 10.2 Å². The van der Waals surface area contributed by atoms with Crippen molar-refractivity contribution >= 4 is 11.7 Å². The van der Waals surface area contributed by atoms with Crippen LogP contribution in [0.25, 0.3) is 11.3 Å². The summed E-state index contributed by atoms with van der Waals surface area (Å²) in [7, 11) is 0. The minimum absolute atomic E-state index is 0.332. The minimum atomic E-state index is -0.377. The first kappa shape index (κ1) is 14.0. The summed E-state index contributed by atoms with van der Waals surface area (Å²) in [5.41, 5.74) is 3.35. The fraction of sp³-hybridized carbons (Fsp3) is 0.0588. The Hall–Kier alpha value is -2.95. The molecule has 0 fully saturated rings. The molecular formula is C17H14FN3O. The first-order chi connectivity index (χ1) is 10.6. The predicted octanol–water partition coefficient (Wildman–Crippen LogP) is 3.78. The molecule has 0 saturated heterocycles. The Balaban J connectivity index is 1.75. The number of aromatic nitrogens is 2. The maximum atomic E-state index is 12.8. The first-order valence-electron chi connectivity index (χ1n) is 6.81. The van der Waals surface area contributed by atoms with E-state index in [4.69, 9.17) is 0 Å². The lowest BCUT2D eigenvalue weighted by molar-refractivity contribution is 0.102. The number of carbonyl (C=O) groups excluding carboxylic acids is 1. The number of carbonyl (C=O) groups is 1. The van der Waals surface area contributed by atoms with Gasteiger partial charge in [-0.1, -0.05) is 29.8 Å². The SMILES string of the molecule is Cc1ccc(-c2cc(NC(=O)c3ccc(F)cc3)n[nH]2)cc1. The van der Waals surface area contributed by atoms with Gasteiger partial charge in [0.2, 0.25) is 0 Å². The molecule has 0 spiro atoms. The summed E-state index contributed by atoms with van der Waals surface area (Å²) in [6.45, 7) is 2.02. The molecule has 0 unspecified atom stereocenters. The molecule has 22 heavy (non-hydrogen) atoms. The van der Waals surface area contributed by atoms with Crippen LogP contribution >= 0.6 is 0 Å². The molecule has 3 rings (SSSR count). The molecule has 4 nitrogen and oxygen atoms in total. The van der Waals surface area contributed by atoms with Gasteiger partial charge < -0.3 is 5.32 Å². The zero-order valence-corrected chi connectivity index (χ0v) is 11.9. The molecule has 1 heterocycles. The average molecular weight is 295 g/mol. The quantitative estimate of drug-likeness (QED) is 0.772. The number of benzene rings is 2. The van der Waals surface area contributed by atoms with Gasteiger partial charge in [-0.2, -0.15) is 5.10 Å². The molecule has 0 saturated carbocycles. The summed E-state index contributed by atoms with van der Waals surface area (Å²) in [5, 5.41) is 9.63. The van der Waals surface area contributed by atoms with Crippen LogP contribution < -0.4 is 5.32 Å². The summed E-state index contributed by atoms with van der Waals surface area (Å²) in [5.74, 6) is -0.287. The highest BCUT2D eigenvalue weighted by Gasteiger charge is 2.09. The number of amides is 1. The van der Waals surface area contributed by atoms with Gasteiger partial charge in [0.05, 0.1) is 5.69 Å². The predicted molar refractivity (Wildman–Crippen MR) is 83.1 cm³/mol. The number of hydrogen-bond donors (Lipinski definition) is 2. The van der Waals surface area contributed by atoms with Gasteiger partial charge in [0.15, 0.2) is 5.82 Å². The molecule has 3 aromatic rings. The van der Waals surface area contributed by atoms with E-state index in [1.807, 2.05) is 31.2 Å². The maximum absolute atomic E-state index is 12.8. The van der Waals surface area contributed by atoms with Gasteiger partial charge in [0, 0.05) is 11.6 Å². The lowest BCUT2D eigenvalue weighted by Crippen LogP contribution is -2.12. The Morgan fingerprint density at radius 2 is 1.77 bits per heavy atom. The number of H-pyrrole nitrogens is 1. The van der Waals surface area contributed by atoms with Gasteiger partial charge in [-0.15, -0.1) is 0 Å². The zero-order chi connectivity index (χ0) is 15.5. The van der Waals surface area contributed by atoms with Crippen molar-refractivity contribution in [2.75, 3.05) is 5.32 Å². The van der Waals surface area contributed by atoms with E-state index in [1.54, 1.807) is 6.07 Å². The number of aromatic amines is 1. The van der Waals surface area contributed by atoms with Gasteiger partial charge in [0.1, 0.15) is 5.82 Å². The van der Waals surface area contributed by atoms with Gasteiger partial charge in [0.25, 0.3) is 5.91 Å². The van der Waals surface area contributed by atoms with E-state index in [1.165, 1.54) is 29.8 Å². The molecular weight excluding hydrogens is 281 g/mol. The van der Waals surface area contributed by atoms with Gasteiger partial charge in [-0.25, -0.2) is 4.39 Å². The number of anilines is 1. The number of nitrogens with zero attached hydrogens (tertiary/aromatic N) is 1. The number of aryl methyl sites for hydroxylation is 1. The fourth-order valence-corrected chi connectivity index (χ4v) is 2.06. The first-order valence-corrected chi connectivity index (χ1v) is 6.81. The summed E-state index contributed by atoms with van der Waals surface area (Å²) >= 11 is 0. The normalized spacial score (nSPS) is 10.5. The molecule has 2 N–H and O–H groups in total. The summed E-state index contributed by atoms with van der Waals surface area (Å²) in [4.78, 5) is 12.0. The highest BCUT2D eigenvalue weighted by Crippen LogP contribution is 2.20. The van der Waals surface area contributed by atoms with Crippen LogP contribution in [-0.4, -0.2) is 16.1 Å². The third-order valence-electron chi connectivity index (χ3n) is 3.29. The Morgan fingerprint density at radius 1 is 1.09 bits per heavy atom. The molecule has 5 heteroatoms. The summed E-state index contributed by atoms with van der Waals surface area (Å²) < 4.78 is 12.8. The number of halogens is 1. The van der Waals surface area contributed by atoms with E-state index >= 15 is 0 Å². The van der Waals surface area contributed by atoms with Crippen LogP contribution in [0, 0.1) is 12.7 Å². The monoisotopic (exact) mass is 295 g/mol. The lowest BCUT2D eigenvalue weighted by Gasteiger charge is -2.01. The largest absolute Gasteiger partial charge is 0.305 e. The molecule has 110 valence electrons. The second-order valence-electron chi connectivity index (χ2n) is 4.99. The Labute approximate surface area is 127 Å². The highest BCUT2D eigenvalue weighted by molar-refractivity contribution is 6.03. The average Bonchev–Trinajstić information content (AvgIpc) is 2.97. The second kappa shape index (κ2) is 5.81. The smallest absolute Gasteiger partial charge is 0.256 e. The molecule has 0 radical (unpaired) electrons. The number of rotatable bonds is 3. The van der Waals surface area contributed by atoms with Crippen LogP contribution in [0.15, 0.2) is 54.6 Å². The molecule has 0 aliphatic rings. The van der Waals surface area contributed by atoms with Crippen molar-refractivity contribution in [3.05, 3.63) is 71.5 Å².